The number of nitrogens with two attached hydrogens (primary N) is 1. The summed E-state index contributed by atoms with van der Waals surface area (Å²) in [5.41, 5.74) is 5.19. The minimum Gasteiger partial charge on any atom is -0.458 e. The van der Waals surface area contributed by atoms with Crippen LogP contribution in [-0.4, -0.2) is 43.0 Å². The van der Waals surface area contributed by atoms with Gasteiger partial charge in [-0.15, -0.1) is 0 Å². The predicted molar refractivity (Wildman–Crippen MR) is 51.7 cm³/mol. The zero-order chi connectivity index (χ0) is 11.0. The lowest BCUT2D eigenvalue weighted by molar-refractivity contribution is -0.161. The van der Waals surface area contributed by atoms with Gasteiger partial charge < -0.3 is 20.3 Å². The molecule has 0 aromatic heterocycles. The number of carbonyl (C=O) groups excluding carboxylic acids is 1. The first-order valence-corrected chi connectivity index (χ1v) is 4.78. The van der Waals surface area contributed by atoms with Gasteiger partial charge in [0.2, 0.25) is 0 Å². The van der Waals surface area contributed by atoms with E-state index < -0.39 is 12.1 Å². The fourth-order valence-corrected chi connectivity index (χ4v) is 0.870. The van der Waals surface area contributed by atoms with E-state index >= 15 is 0 Å². The van der Waals surface area contributed by atoms with E-state index in [1.165, 1.54) is 0 Å². The molecule has 2 atom stereocenters. The summed E-state index contributed by atoms with van der Waals surface area (Å²) in [6.45, 7) is 4.75. The molecule has 0 radical (unpaired) electrons. The van der Waals surface area contributed by atoms with Gasteiger partial charge in [0.1, 0.15) is 6.10 Å². The van der Waals surface area contributed by atoms with Crippen molar-refractivity contribution in [3.05, 3.63) is 0 Å². The first-order chi connectivity index (χ1) is 6.61. The molecule has 0 aromatic rings. The minimum atomic E-state index is -1.12. The Morgan fingerprint density at radius 2 is 2.21 bits per heavy atom. The van der Waals surface area contributed by atoms with Crippen LogP contribution in [0, 0.1) is 0 Å². The Bertz CT molecular complexity index is 163. The molecule has 0 bridgehead atoms. The Morgan fingerprint density at radius 3 is 2.71 bits per heavy atom. The van der Waals surface area contributed by atoms with Gasteiger partial charge in [-0.2, -0.15) is 0 Å². The highest BCUT2D eigenvalue weighted by molar-refractivity contribution is 5.74. The Morgan fingerprint density at radius 1 is 1.57 bits per heavy atom. The van der Waals surface area contributed by atoms with Crippen molar-refractivity contribution >= 4 is 5.97 Å². The number of aliphatic hydroxyl groups excluding tert-OH is 1. The van der Waals surface area contributed by atoms with Crippen molar-refractivity contribution in [3.63, 3.8) is 0 Å². The average molecular weight is 205 g/mol. The molecule has 0 saturated heterocycles. The summed E-state index contributed by atoms with van der Waals surface area (Å²) >= 11 is 0. The van der Waals surface area contributed by atoms with Gasteiger partial charge in [0.15, 0.2) is 6.10 Å². The largest absolute Gasteiger partial charge is 0.458 e. The van der Waals surface area contributed by atoms with E-state index in [1.54, 1.807) is 6.92 Å². The quantitative estimate of drug-likeness (QED) is 0.556. The topological polar surface area (TPSA) is 81.8 Å². The van der Waals surface area contributed by atoms with E-state index in [2.05, 4.69) is 0 Å². The highest BCUT2D eigenvalue weighted by Crippen LogP contribution is 1.99. The van der Waals surface area contributed by atoms with E-state index in [-0.39, 0.29) is 19.1 Å². The molecule has 0 aromatic carbocycles. The van der Waals surface area contributed by atoms with Crippen molar-refractivity contribution in [2.24, 2.45) is 5.73 Å². The molecular formula is C9H19NO4. The van der Waals surface area contributed by atoms with Crippen LogP contribution in [0.25, 0.3) is 0 Å². The molecule has 0 spiro atoms. The zero-order valence-electron chi connectivity index (χ0n) is 8.73. The van der Waals surface area contributed by atoms with Gasteiger partial charge in [-0.3, -0.25) is 0 Å². The first-order valence-electron chi connectivity index (χ1n) is 4.78. The predicted octanol–water partition coefficient (Wildman–Crippen LogP) is -0.336. The van der Waals surface area contributed by atoms with Gasteiger partial charge in [0.05, 0.1) is 6.61 Å². The number of aliphatic hydroxyl groups is 1. The van der Waals surface area contributed by atoms with E-state index in [4.69, 9.17) is 15.2 Å². The lowest BCUT2D eigenvalue weighted by atomic mass is 10.2. The van der Waals surface area contributed by atoms with Crippen molar-refractivity contribution in [1.82, 2.24) is 0 Å². The standard InChI is InChI=1S/C9H19NO4/c1-3-13-6-7(2)14-9(12)8(11)4-5-10/h7-8,11H,3-6,10H2,1-2H3/t7?,8-/m0/s1. The van der Waals surface area contributed by atoms with Crippen LogP contribution in [0.3, 0.4) is 0 Å². The van der Waals surface area contributed by atoms with Gasteiger partial charge in [-0.1, -0.05) is 0 Å². The molecule has 3 N–H and O–H groups in total. The number of ether oxygens (including phenoxy) is 2. The van der Waals surface area contributed by atoms with Crippen LogP contribution in [0.2, 0.25) is 0 Å². The molecule has 0 aliphatic rings. The average Bonchev–Trinajstić information content (AvgIpc) is 2.15. The van der Waals surface area contributed by atoms with Gasteiger partial charge >= 0.3 is 5.97 Å². The lowest BCUT2D eigenvalue weighted by Crippen LogP contribution is -2.30. The summed E-state index contributed by atoms with van der Waals surface area (Å²) < 4.78 is 9.95. The molecular weight excluding hydrogens is 186 g/mol. The summed E-state index contributed by atoms with van der Waals surface area (Å²) in [5.74, 6) is -0.636. The maximum atomic E-state index is 11.1. The molecule has 14 heavy (non-hydrogen) atoms. The molecule has 0 heterocycles. The Labute approximate surface area is 84.2 Å². The van der Waals surface area contributed by atoms with Crippen molar-refractivity contribution < 1.29 is 19.4 Å². The maximum Gasteiger partial charge on any atom is 0.335 e. The lowest BCUT2D eigenvalue weighted by Gasteiger charge is -2.15. The normalized spacial score (nSPS) is 14.9. The molecule has 0 fully saturated rings. The number of rotatable bonds is 7. The summed E-state index contributed by atoms with van der Waals surface area (Å²) in [7, 11) is 0. The smallest absolute Gasteiger partial charge is 0.335 e. The summed E-state index contributed by atoms with van der Waals surface area (Å²) in [6.07, 6.45) is -1.24. The summed E-state index contributed by atoms with van der Waals surface area (Å²) in [5, 5.41) is 9.20. The summed E-state index contributed by atoms with van der Waals surface area (Å²) in [6, 6.07) is 0. The van der Waals surface area contributed by atoms with Crippen molar-refractivity contribution in [2.75, 3.05) is 19.8 Å². The highest BCUT2D eigenvalue weighted by atomic mass is 16.6. The van der Waals surface area contributed by atoms with E-state index in [0.717, 1.165) is 0 Å². The van der Waals surface area contributed by atoms with E-state index in [1.807, 2.05) is 6.92 Å². The molecule has 1 unspecified atom stereocenters. The van der Waals surface area contributed by atoms with Crippen molar-refractivity contribution in [3.8, 4) is 0 Å². The number of carbonyl (C=O) groups is 1. The fraction of sp³-hybridized carbons (Fsp3) is 0.889. The Hall–Kier alpha value is -0.650. The van der Waals surface area contributed by atoms with Crippen LogP contribution in [0.1, 0.15) is 20.3 Å². The van der Waals surface area contributed by atoms with E-state index in [0.29, 0.717) is 13.2 Å². The third kappa shape index (κ3) is 5.90. The third-order valence-corrected chi connectivity index (χ3v) is 1.59. The van der Waals surface area contributed by atoms with Crippen LogP contribution in [-0.2, 0) is 14.3 Å². The molecule has 84 valence electrons. The van der Waals surface area contributed by atoms with Crippen molar-refractivity contribution in [2.45, 2.75) is 32.5 Å². The second-order valence-electron chi connectivity index (χ2n) is 3.00. The molecule has 0 amide bonds. The number of hydrogen-bond acceptors (Lipinski definition) is 5. The fourth-order valence-electron chi connectivity index (χ4n) is 0.870. The monoisotopic (exact) mass is 205 g/mol. The van der Waals surface area contributed by atoms with Crippen LogP contribution >= 0.6 is 0 Å². The van der Waals surface area contributed by atoms with Gasteiger partial charge in [0, 0.05) is 6.61 Å². The van der Waals surface area contributed by atoms with Crippen LogP contribution < -0.4 is 5.73 Å². The SMILES string of the molecule is CCOCC(C)OC(=O)[C@@H](O)CCN. The Kier molecular flexibility index (Phi) is 7.37. The second kappa shape index (κ2) is 7.73. The van der Waals surface area contributed by atoms with Gasteiger partial charge in [-0.25, -0.2) is 4.79 Å². The number of esters is 1. The van der Waals surface area contributed by atoms with Crippen LogP contribution in [0.4, 0.5) is 0 Å². The van der Waals surface area contributed by atoms with Crippen LogP contribution in [0.5, 0.6) is 0 Å². The second-order valence-corrected chi connectivity index (χ2v) is 3.00. The molecule has 5 nitrogen and oxygen atoms in total. The minimum absolute atomic E-state index is 0.222. The van der Waals surface area contributed by atoms with E-state index in [9.17, 15) is 9.90 Å². The molecule has 5 heteroatoms. The molecule has 0 rings (SSSR count). The maximum absolute atomic E-state index is 11.1. The molecule has 0 aliphatic heterocycles. The molecule has 0 aliphatic carbocycles. The zero-order valence-corrected chi connectivity index (χ0v) is 8.73. The van der Waals surface area contributed by atoms with Crippen LogP contribution in [0.15, 0.2) is 0 Å². The molecule has 0 saturated carbocycles. The highest BCUT2D eigenvalue weighted by Gasteiger charge is 2.18. The number of hydrogen-bond donors (Lipinski definition) is 2. The van der Waals surface area contributed by atoms with Gasteiger partial charge in [0.25, 0.3) is 0 Å². The first kappa shape index (κ1) is 13.4. The third-order valence-electron chi connectivity index (χ3n) is 1.59. The van der Waals surface area contributed by atoms with Gasteiger partial charge in [-0.05, 0) is 26.8 Å². The summed E-state index contributed by atoms with van der Waals surface area (Å²) in [4.78, 5) is 11.1. The Balaban J connectivity index is 3.69. The van der Waals surface area contributed by atoms with Crippen molar-refractivity contribution in [1.29, 1.82) is 0 Å².